The molecular weight excluding hydrogens is 382 g/mol. The Labute approximate surface area is 167 Å². The molecule has 27 heavy (non-hydrogen) atoms. The number of nitrogens with zero attached hydrogens (tertiary/aromatic N) is 1. The van der Waals surface area contributed by atoms with Gasteiger partial charge in [0.15, 0.2) is 0 Å². The lowest BCUT2D eigenvalue weighted by atomic mass is 10.1. The van der Waals surface area contributed by atoms with Crippen molar-refractivity contribution in [3.05, 3.63) is 70.1 Å². The van der Waals surface area contributed by atoms with Crippen LogP contribution in [0.5, 0.6) is 5.75 Å². The number of methoxy groups -OCH3 is 2. The zero-order valence-corrected chi connectivity index (χ0v) is 16.4. The Kier molecular flexibility index (Phi) is 5.93. The SMILES string of the molecule is COC(=O)c1ccc(/C=C2\SC(=S)N(Cc3ccc(OC)cc3)C2=O)cc1. The molecule has 1 amide bonds. The Morgan fingerprint density at radius 1 is 1.11 bits per heavy atom. The third-order valence-electron chi connectivity index (χ3n) is 4.00. The fourth-order valence-electron chi connectivity index (χ4n) is 2.53. The third kappa shape index (κ3) is 4.37. The van der Waals surface area contributed by atoms with Crippen molar-refractivity contribution in [1.29, 1.82) is 0 Å². The summed E-state index contributed by atoms with van der Waals surface area (Å²) in [5.41, 5.74) is 2.24. The van der Waals surface area contributed by atoms with Crippen LogP contribution in [0.2, 0.25) is 0 Å². The van der Waals surface area contributed by atoms with E-state index in [2.05, 4.69) is 4.74 Å². The maximum absolute atomic E-state index is 12.7. The minimum Gasteiger partial charge on any atom is -0.497 e. The van der Waals surface area contributed by atoms with Crippen LogP contribution in [-0.2, 0) is 16.1 Å². The molecule has 1 fully saturated rings. The molecule has 3 rings (SSSR count). The highest BCUT2D eigenvalue weighted by molar-refractivity contribution is 8.26. The van der Waals surface area contributed by atoms with Crippen molar-refractivity contribution in [3.63, 3.8) is 0 Å². The molecule has 2 aromatic carbocycles. The van der Waals surface area contributed by atoms with Gasteiger partial charge in [-0.3, -0.25) is 9.69 Å². The van der Waals surface area contributed by atoms with Crippen molar-refractivity contribution in [1.82, 2.24) is 4.90 Å². The highest BCUT2D eigenvalue weighted by Crippen LogP contribution is 2.33. The van der Waals surface area contributed by atoms with Gasteiger partial charge in [0.05, 0.1) is 31.2 Å². The molecular formula is C20H17NO4S2. The van der Waals surface area contributed by atoms with Crippen molar-refractivity contribution < 1.29 is 19.1 Å². The van der Waals surface area contributed by atoms with Crippen molar-refractivity contribution in [2.24, 2.45) is 0 Å². The first-order chi connectivity index (χ1) is 13.0. The van der Waals surface area contributed by atoms with E-state index in [9.17, 15) is 9.59 Å². The predicted molar refractivity (Wildman–Crippen MR) is 109 cm³/mol. The summed E-state index contributed by atoms with van der Waals surface area (Å²) in [6.45, 7) is 0.410. The second-order valence-electron chi connectivity index (χ2n) is 5.73. The number of thiocarbonyl (C=S) groups is 1. The van der Waals surface area contributed by atoms with Gasteiger partial charge in [0.2, 0.25) is 0 Å². The highest BCUT2D eigenvalue weighted by atomic mass is 32.2. The van der Waals surface area contributed by atoms with Gasteiger partial charge in [-0.1, -0.05) is 48.2 Å². The normalized spacial score (nSPS) is 15.3. The van der Waals surface area contributed by atoms with Crippen LogP contribution in [0.4, 0.5) is 0 Å². The molecule has 1 aliphatic heterocycles. The number of benzene rings is 2. The van der Waals surface area contributed by atoms with E-state index in [1.807, 2.05) is 24.3 Å². The van der Waals surface area contributed by atoms with Gasteiger partial charge in [0, 0.05) is 0 Å². The maximum atomic E-state index is 12.7. The van der Waals surface area contributed by atoms with Crippen molar-refractivity contribution in [2.45, 2.75) is 6.54 Å². The number of amides is 1. The summed E-state index contributed by atoms with van der Waals surface area (Å²) in [6, 6.07) is 14.4. The summed E-state index contributed by atoms with van der Waals surface area (Å²) in [5, 5.41) is 0. The maximum Gasteiger partial charge on any atom is 0.337 e. The third-order valence-corrected chi connectivity index (χ3v) is 5.38. The molecule has 1 saturated heterocycles. The number of ether oxygens (including phenoxy) is 2. The van der Waals surface area contributed by atoms with Crippen LogP contribution in [0.15, 0.2) is 53.4 Å². The van der Waals surface area contributed by atoms with Crippen LogP contribution in [0.3, 0.4) is 0 Å². The lowest BCUT2D eigenvalue weighted by molar-refractivity contribution is -0.122. The van der Waals surface area contributed by atoms with E-state index < -0.39 is 5.97 Å². The van der Waals surface area contributed by atoms with Crippen molar-refractivity contribution in [3.8, 4) is 5.75 Å². The van der Waals surface area contributed by atoms with Gasteiger partial charge in [-0.05, 0) is 41.5 Å². The minimum atomic E-state index is -0.396. The number of carbonyl (C=O) groups excluding carboxylic acids is 2. The van der Waals surface area contributed by atoms with E-state index in [1.54, 1.807) is 42.4 Å². The summed E-state index contributed by atoms with van der Waals surface area (Å²) in [5.74, 6) is 0.240. The van der Waals surface area contributed by atoms with Crippen LogP contribution in [0.1, 0.15) is 21.5 Å². The van der Waals surface area contributed by atoms with Crippen molar-refractivity contribution in [2.75, 3.05) is 14.2 Å². The number of thioether (sulfide) groups is 1. The monoisotopic (exact) mass is 399 g/mol. The number of hydrogen-bond donors (Lipinski definition) is 0. The summed E-state index contributed by atoms with van der Waals surface area (Å²) in [7, 11) is 2.95. The largest absolute Gasteiger partial charge is 0.497 e. The summed E-state index contributed by atoms with van der Waals surface area (Å²) < 4.78 is 10.3. The molecule has 1 aliphatic rings. The van der Waals surface area contributed by atoms with E-state index in [1.165, 1.54) is 18.9 Å². The van der Waals surface area contributed by atoms with Gasteiger partial charge in [0.25, 0.3) is 5.91 Å². The molecule has 0 atom stereocenters. The molecule has 0 aromatic heterocycles. The van der Waals surface area contributed by atoms with E-state index in [-0.39, 0.29) is 5.91 Å². The molecule has 0 unspecified atom stereocenters. The number of carbonyl (C=O) groups is 2. The molecule has 138 valence electrons. The van der Waals surface area contributed by atoms with Gasteiger partial charge in [-0.15, -0.1) is 0 Å². The molecule has 0 N–H and O–H groups in total. The van der Waals surface area contributed by atoms with Gasteiger partial charge in [0.1, 0.15) is 10.1 Å². The first kappa shape index (κ1) is 19.1. The molecule has 1 heterocycles. The quantitative estimate of drug-likeness (QED) is 0.432. The van der Waals surface area contributed by atoms with Crippen LogP contribution in [0, 0.1) is 0 Å². The number of hydrogen-bond acceptors (Lipinski definition) is 6. The molecule has 5 nitrogen and oxygen atoms in total. The van der Waals surface area contributed by atoms with Gasteiger partial charge >= 0.3 is 5.97 Å². The summed E-state index contributed by atoms with van der Waals surface area (Å²) >= 11 is 6.64. The average molecular weight is 399 g/mol. The standard InChI is InChI=1S/C20H17NO4S2/c1-24-16-9-5-14(6-10-16)12-21-18(22)17(27-20(21)26)11-13-3-7-15(8-4-13)19(23)25-2/h3-11H,12H2,1-2H3/b17-11-. The summed E-state index contributed by atoms with van der Waals surface area (Å²) in [4.78, 5) is 26.3. The van der Waals surface area contributed by atoms with E-state index in [0.717, 1.165) is 16.9 Å². The van der Waals surface area contributed by atoms with Crippen LogP contribution in [-0.4, -0.2) is 35.3 Å². The van der Waals surface area contributed by atoms with E-state index in [0.29, 0.717) is 21.3 Å². The molecule has 0 spiro atoms. The molecule has 0 aliphatic carbocycles. The fraction of sp³-hybridized carbons (Fsp3) is 0.150. The smallest absolute Gasteiger partial charge is 0.337 e. The zero-order valence-electron chi connectivity index (χ0n) is 14.8. The van der Waals surface area contributed by atoms with Gasteiger partial charge < -0.3 is 9.47 Å². The second-order valence-corrected chi connectivity index (χ2v) is 7.41. The van der Waals surface area contributed by atoms with Crippen LogP contribution >= 0.6 is 24.0 Å². The van der Waals surface area contributed by atoms with Gasteiger partial charge in [-0.25, -0.2) is 4.79 Å². The Balaban J connectivity index is 1.74. The molecule has 0 bridgehead atoms. The Morgan fingerprint density at radius 3 is 2.37 bits per heavy atom. The first-order valence-electron chi connectivity index (χ1n) is 8.08. The van der Waals surface area contributed by atoms with Crippen LogP contribution < -0.4 is 4.74 Å². The lowest BCUT2D eigenvalue weighted by Crippen LogP contribution is -2.27. The molecule has 0 radical (unpaired) electrons. The van der Waals surface area contributed by atoms with Gasteiger partial charge in [-0.2, -0.15) is 0 Å². The second kappa shape index (κ2) is 8.37. The number of rotatable bonds is 5. The van der Waals surface area contributed by atoms with E-state index >= 15 is 0 Å². The lowest BCUT2D eigenvalue weighted by Gasteiger charge is -2.14. The highest BCUT2D eigenvalue weighted by Gasteiger charge is 2.31. The molecule has 2 aromatic rings. The van der Waals surface area contributed by atoms with E-state index in [4.69, 9.17) is 17.0 Å². The number of esters is 1. The Morgan fingerprint density at radius 2 is 1.78 bits per heavy atom. The summed E-state index contributed by atoms with van der Waals surface area (Å²) in [6.07, 6.45) is 1.77. The topological polar surface area (TPSA) is 55.8 Å². The average Bonchev–Trinajstić information content (AvgIpc) is 2.96. The Bertz CT molecular complexity index is 905. The first-order valence-corrected chi connectivity index (χ1v) is 9.31. The predicted octanol–water partition coefficient (Wildman–Crippen LogP) is 3.88. The zero-order chi connectivity index (χ0) is 19.4. The van der Waals surface area contributed by atoms with Crippen LogP contribution in [0.25, 0.3) is 6.08 Å². The molecule has 0 saturated carbocycles. The fourth-order valence-corrected chi connectivity index (χ4v) is 3.79. The Hall–Kier alpha value is -2.64. The van der Waals surface area contributed by atoms with Crippen molar-refractivity contribution >= 4 is 46.3 Å². The molecule has 7 heteroatoms. The minimum absolute atomic E-state index is 0.127.